The molecule has 0 radical (unpaired) electrons. The van der Waals surface area contributed by atoms with Crippen LogP contribution in [0.4, 0.5) is 18.9 Å². The maximum atomic E-state index is 12.8. The van der Waals surface area contributed by atoms with Crippen molar-refractivity contribution in [3.8, 4) is 0 Å². The van der Waals surface area contributed by atoms with Crippen LogP contribution in [0.25, 0.3) is 0 Å². The Balaban J connectivity index is 2.44. The molecule has 2 rings (SSSR count). The molecular formula is C14H11F3N2. The molecule has 0 aliphatic carbocycles. The minimum Gasteiger partial charge on any atom is -0.383 e. The first-order chi connectivity index (χ1) is 8.98. The molecule has 0 saturated carbocycles. The Kier molecular flexibility index (Phi) is 3.55. The first kappa shape index (κ1) is 13.1. The molecule has 0 amide bonds. The molecule has 0 unspecified atom stereocenters. The largest absolute Gasteiger partial charge is 0.418 e. The Labute approximate surface area is 108 Å². The van der Waals surface area contributed by atoms with Gasteiger partial charge in [-0.15, -0.1) is 0 Å². The molecular weight excluding hydrogens is 253 g/mol. The van der Waals surface area contributed by atoms with Crippen molar-refractivity contribution >= 4 is 11.5 Å². The molecule has 2 aromatic carbocycles. The van der Waals surface area contributed by atoms with Gasteiger partial charge >= 0.3 is 6.18 Å². The summed E-state index contributed by atoms with van der Waals surface area (Å²) in [6.07, 6.45) is -4.45. The summed E-state index contributed by atoms with van der Waals surface area (Å²) in [4.78, 5) is 3.87. The van der Waals surface area contributed by atoms with Crippen LogP contribution in [0.5, 0.6) is 0 Å². The second-order valence-corrected chi connectivity index (χ2v) is 3.88. The third-order valence-electron chi connectivity index (χ3n) is 2.52. The Morgan fingerprint density at radius 3 is 2.11 bits per heavy atom. The number of nitrogens with zero attached hydrogens (tertiary/aromatic N) is 1. The van der Waals surface area contributed by atoms with E-state index in [0.717, 1.165) is 6.07 Å². The van der Waals surface area contributed by atoms with Gasteiger partial charge < -0.3 is 5.73 Å². The van der Waals surface area contributed by atoms with E-state index in [4.69, 9.17) is 5.73 Å². The summed E-state index contributed by atoms with van der Waals surface area (Å²) < 4.78 is 38.4. The molecule has 2 aromatic rings. The third kappa shape index (κ3) is 3.13. The lowest BCUT2D eigenvalue weighted by molar-refractivity contribution is -0.137. The van der Waals surface area contributed by atoms with Gasteiger partial charge in [0.25, 0.3) is 0 Å². The van der Waals surface area contributed by atoms with Gasteiger partial charge in [0.05, 0.1) is 11.3 Å². The van der Waals surface area contributed by atoms with Crippen molar-refractivity contribution < 1.29 is 13.2 Å². The Hall–Kier alpha value is -2.30. The van der Waals surface area contributed by atoms with Crippen LogP contribution >= 0.6 is 0 Å². The molecule has 0 aromatic heterocycles. The van der Waals surface area contributed by atoms with Crippen LogP contribution in [0.3, 0.4) is 0 Å². The van der Waals surface area contributed by atoms with Crippen molar-refractivity contribution in [2.45, 2.75) is 6.18 Å². The topological polar surface area (TPSA) is 38.4 Å². The number of amidine groups is 1. The Morgan fingerprint density at radius 2 is 1.47 bits per heavy atom. The lowest BCUT2D eigenvalue weighted by atomic mass is 10.1. The number of hydrogen-bond acceptors (Lipinski definition) is 1. The standard InChI is InChI=1S/C14H11F3N2/c15-14(16,17)11-8-4-5-9-12(11)19-13(18)10-6-2-1-3-7-10/h1-9H,(H2,18,19). The van der Waals surface area contributed by atoms with Gasteiger partial charge in [-0.3, -0.25) is 0 Å². The summed E-state index contributed by atoms with van der Waals surface area (Å²) >= 11 is 0. The average molecular weight is 264 g/mol. The summed E-state index contributed by atoms with van der Waals surface area (Å²) in [5.74, 6) is 0.0531. The SMILES string of the molecule is NC(=Nc1ccccc1C(F)(F)F)c1ccccc1. The van der Waals surface area contributed by atoms with Crippen LogP contribution in [0.15, 0.2) is 59.6 Å². The van der Waals surface area contributed by atoms with Gasteiger partial charge in [-0.1, -0.05) is 42.5 Å². The highest BCUT2D eigenvalue weighted by molar-refractivity contribution is 5.99. The number of rotatable bonds is 2. The van der Waals surface area contributed by atoms with Crippen molar-refractivity contribution in [1.82, 2.24) is 0 Å². The van der Waals surface area contributed by atoms with Crippen LogP contribution in [0.1, 0.15) is 11.1 Å². The van der Waals surface area contributed by atoms with E-state index in [9.17, 15) is 13.2 Å². The zero-order chi connectivity index (χ0) is 13.9. The number of aliphatic imine (C=N–C) groups is 1. The minimum absolute atomic E-state index is 0.0531. The predicted octanol–water partition coefficient (Wildman–Crippen LogP) is 3.74. The molecule has 19 heavy (non-hydrogen) atoms. The Bertz CT molecular complexity index is 589. The number of alkyl halides is 3. The fourth-order valence-electron chi connectivity index (χ4n) is 1.61. The number of halogens is 3. The molecule has 0 atom stereocenters. The normalized spacial score (nSPS) is 12.5. The van der Waals surface area contributed by atoms with Crippen LogP contribution < -0.4 is 5.73 Å². The molecule has 0 heterocycles. The summed E-state index contributed by atoms with van der Waals surface area (Å²) in [5.41, 5.74) is 5.32. The number of para-hydroxylation sites is 1. The first-order valence-electron chi connectivity index (χ1n) is 5.54. The van der Waals surface area contributed by atoms with Crippen LogP contribution in [0.2, 0.25) is 0 Å². The van der Waals surface area contributed by atoms with E-state index in [2.05, 4.69) is 4.99 Å². The van der Waals surface area contributed by atoms with Gasteiger partial charge in [0, 0.05) is 5.56 Å². The van der Waals surface area contributed by atoms with Gasteiger partial charge in [-0.25, -0.2) is 4.99 Å². The van der Waals surface area contributed by atoms with E-state index >= 15 is 0 Å². The highest BCUT2D eigenvalue weighted by atomic mass is 19.4. The van der Waals surface area contributed by atoms with Gasteiger partial charge in [0.1, 0.15) is 5.84 Å². The molecule has 0 fully saturated rings. The fourth-order valence-corrected chi connectivity index (χ4v) is 1.61. The van der Waals surface area contributed by atoms with Crippen molar-refractivity contribution in [2.75, 3.05) is 0 Å². The zero-order valence-electron chi connectivity index (χ0n) is 9.85. The molecule has 5 heteroatoms. The minimum atomic E-state index is -4.45. The van der Waals surface area contributed by atoms with Crippen molar-refractivity contribution in [2.24, 2.45) is 10.7 Å². The maximum absolute atomic E-state index is 12.8. The van der Waals surface area contributed by atoms with E-state index in [1.54, 1.807) is 30.3 Å². The summed E-state index contributed by atoms with van der Waals surface area (Å²) in [7, 11) is 0. The predicted molar refractivity (Wildman–Crippen MR) is 68.3 cm³/mol. The maximum Gasteiger partial charge on any atom is 0.418 e. The van der Waals surface area contributed by atoms with Gasteiger partial charge in [0.2, 0.25) is 0 Å². The number of hydrogen-bond donors (Lipinski definition) is 1. The fraction of sp³-hybridized carbons (Fsp3) is 0.0714. The second-order valence-electron chi connectivity index (χ2n) is 3.88. The highest BCUT2D eigenvalue weighted by Crippen LogP contribution is 2.36. The quantitative estimate of drug-likeness (QED) is 0.651. The van der Waals surface area contributed by atoms with Gasteiger partial charge in [0.15, 0.2) is 0 Å². The molecule has 98 valence electrons. The molecule has 0 spiro atoms. The zero-order valence-corrected chi connectivity index (χ0v) is 9.85. The summed E-state index contributed by atoms with van der Waals surface area (Å²) in [6, 6.07) is 13.7. The lowest BCUT2D eigenvalue weighted by Crippen LogP contribution is -2.13. The van der Waals surface area contributed by atoms with Crippen molar-refractivity contribution in [1.29, 1.82) is 0 Å². The smallest absolute Gasteiger partial charge is 0.383 e. The van der Waals surface area contributed by atoms with Crippen LogP contribution in [0, 0.1) is 0 Å². The molecule has 0 bridgehead atoms. The molecule has 0 aliphatic heterocycles. The molecule has 2 nitrogen and oxygen atoms in total. The molecule has 0 aliphatic rings. The third-order valence-corrected chi connectivity index (χ3v) is 2.52. The first-order valence-corrected chi connectivity index (χ1v) is 5.54. The van der Waals surface area contributed by atoms with E-state index in [-0.39, 0.29) is 11.5 Å². The number of benzene rings is 2. The van der Waals surface area contributed by atoms with Crippen molar-refractivity contribution in [3.05, 3.63) is 65.7 Å². The van der Waals surface area contributed by atoms with Crippen LogP contribution in [-0.4, -0.2) is 5.84 Å². The van der Waals surface area contributed by atoms with E-state index in [1.165, 1.54) is 18.2 Å². The van der Waals surface area contributed by atoms with Gasteiger partial charge in [-0.05, 0) is 12.1 Å². The lowest BCUT2D eigenvalue weighted by Gasteiger charge is -2.10. The second kappa shape index (κ2) is 5.14. The molecule has 0 saturated heterocycles. The average Bonchev–Trinajstić information content (AvgIpc) is 2.39. The van der Waals surface area contributed by atoms with E-state index in [0.29, 0.717) is 5.56 Å². The Morgan fingerprint density at radius 1 is 0.895 bits per heavy atom. The van der Waals surface area contributed by atoms with Crippen molar-refractivity contribution in [3.63, 3.8) is 0 Å². The molecule has 2 N–H and O–H groups in total. The van der Waals surface area contributed by atoms with Gasteiger partial charge in [-0.2, -0.15) is 13.2 Å². The monoisotopic (exact) mass is 264 g/mol. The summed E-state index contributed by atoms with van der Waals surface area (Å²) in [5, 5.41) is 0. The highest BCUT2D eigenvalue weighted by Gasteiger charge is 2.33. The number of nitrogens with two attached hydrogens (primary N) is 1. The van der Waals surface area contributed by atoms with Crippen LogP contribution in [-0.2, 0) is 6.18 Å². The van der Waals surface area contributed by atoms with E-state index < -0.39 is 11.7 Å². The summed E-state index contributed by atoms with van der Waals surface area (Å²) in [6.45, 7) is 0. The van der Waals surface area contributed by atoms with E-state index in [1.807, 2.05) is 0 Å².